The van der Waals surface area contributed by atoms with Crippen LogP contribution in [0.1, 0.15) is 40.5 Å². The maximum absolute atomic E-state index is 9.01. The summed E-state index contributed by atoms with van der Waals surface area (Å²) in [6.45, 7) is 12.2. The van der Waals surface area contributed by atoms with Gasteiger partial charge in [0.2, 0.25) is 5.95 Å². The fourth-order valence-corrected chi connectivity index (χ4v) is 3.32. The van der Waals surface area contributed by atoms with Gasteiger partial charge in [-0.15, -0.1) is 0 Å². The van der Waals surface area contributed by atoms with Crippen LogP contribution in [0.25, 0.3) is 0 Å². The van der Waals surface area contributed by atoms with Crippen LogP contribution < -0.4 is 10.8 Å². The SMILES string of the molecule is CC1(C)OB(c2cnc(NCC3CCN(CCO)CC3)nc2)OC1(C)C. The van der Waals surface area contributed by atoms with E-state index in [2.05, 4.69) is 20.2 Å². The van der Waals surface area contributed by atoms with Gasteiger partial charge in [-0.2, -0.15) is 0 Å². The number of hydrogen-bond acceptors (Lipinski definition) is 7. The number of nitrogens with zero attached hydrogens (tertiary/aromatic N) is 3. The summed E-state index contributed by atoms with van der Waals surface area (Å²) in [5.74, 6) is 1.26. The summed E-state index contributed by atoms with van der Waals surface area (Å²) in [5.41, 5.74) is 0.116. The standard InChI is InChI=1S/C18H31BN4O3/c1-17(2)18(3,4)26-19(25-17)15-12-21-16(22-13-15)20-11-14-5-7-23(8-6-14)9-10-24/h12-14,24H,5-11H2,1-4H3,(H,20,21,22). The molecule has 2 aliphatic rings. The van der Waals surface area contributed by atoms with Crippen molar-refractivity contribution in [2.45, 2.75) is 51.7 Å². The Balaban J connectivity index is 1.48. The van der Waals surface area contributed by atoms with Crippen molar-refractivity contribution >= 4 is 18.5 Å². The predicted octanol–water partition coefficient (Wildman–Crippen LogP) is 0.892. The Bertz CT molecular complexity index is 573. The van der Waals surface area contributed by atoms with Gasteiger partial charge in [-0.05, 0) is 59.5 Å². The third kappa shape index (κ3) is 4.36. The maximum atomic E-state index is 9.01. The van der Waals surface area contributed by atoms with Crippen molar-refractivity contribution in [1.29, 1.82) is 0 Å². The van der Waals surface area contributed by atoms with Gasteiger partial charge in [-0.25, -0.2) is 9.97 Å². The molecule has 1 aromatic rings. The first kappa shape index (κ1) is 19.5. The van der Waals surface area contributed by atoms with E-state index in [0.717, 1.165) is 44.5 Å². The molecular weight excluding hydrogens is 331 g/mol. The van der Waals surface area contributed by atoms with Crippen molar-refractivity contribution in [3.63, 3.8) is 0 Å². The molecule has 0 spiro atoms. The number of β-amino-alcohol motifs (C(OH)–C–C–N with tert-alkyl or cyclic N) is 1. The largest absolute Gasteiger partial charge is 0.498 e. The quantitative estimate of drug-likeness (QED) is 0.728. The summed E-state index contributed by atoms with van der Waals surface area (Å²) in [7, 11) is -0.426. The second-order valence-electron chi connectivity index (χ2n) is 8.32. The number of nitrogens with one attached hydrogen (secondary N) is 1. The van der Waals surface area contributed by atoms with Crippen LogP contribution in [0, 0.1) is 5.92 Å². The zero-order valence-electron chi connectivity index (χ0n) is 16.4. The van der Waals surface area contributed by atoms with Crippen LogP contribution in [0.5, 0.6) is 0 Å². The number of aromatic nitrogens is 2. The molecule has 0 aliphatic carbocycles. The highest BCUT2D eigenvalue weighted by Gasteiger charge is 2.51. The number of aliphatic hydroxyl groups excluding tert-OH is 1. The Labute approximate surface area is 156 Å². The van der Waals surface area contributed by atoms with Crippen LogP contribution in [0.2, 0.25) is 0 Å². The van der Waals surface area contributed by atoms with E-state index in [4.69, 9.17) is 14.4 Å². The van der Waals surface area contributed by atoms with Gasteiger partial charge >= 0.3 is 7.12 Å². The Hall–Kier alpha value is -1.22. The van der Waals surface area contributed by atoms with Crippen molar-refractivity contribution in [2.24, 2.45) is 5.92 Å². The van der Waals surface area contributed by atoms with Gasteiger partial charge in [0, 0.05) is 30.9 Å². The molecule has 2 aliphatic heterocycles. The first-order valence-electron chi connectivity index (χ1n) is 9.55. The molecule has 3 heterocycles. The minimum atomic E-state index is -0.426. The molecule has 0 bridgehead atoms. The normalized spacial score (nSPS) is 23.3. The summed E-state index contributed by atoms with van der Waals surface area (Å²) in [6, 6.07) is 0. The van der Waals surface area contributed by atoms with Gasteiger partial charge in [-0.1, -0.05) is 0 Å². The van der Waals surface area contributed by atoms with Crippen molar-refractivity contribution in [3.05, 3.63) is 12.4 Å². The highest BCUT2D eigenvalue weighted by Crippen LogP contribution is 2.36. The molecular formula is C18H31BN4O3. The van der Waals surface area contributed by atoms with E-state index >= 15 is 0 Å². The van der Waals surface area contributed by atoms with Crippen LogP contribution in [0.15, 0.2) is 12.4 Å². The maximum Gasteiger partial charge on any atom is 0.498 e. The smallest absolute Gasteiger partial charge is 0.399 e. The number of anilines is 1. The van der Waals surface area contributed by atoms with E-state index in [9.17, 15) is 0 Å². The van der Waals surface area contributed by atoms with Gasteiger partial charge < -0.3 is 24.6 Å². The summed E-state index contributed by atoms with van der Waals surface area (Å²) in [4.78, 5) is 11.2. The molecule has 0 radical (unpaired) electrons. The molecule has 26 heavy (non-hydrogen) atoms. The lowest BCUT2D eigenvalue weighted by Crippen LogP contribution is -2.41. The molecule has 2 N–H and O–H groups in total. The number of piperidine rings is 1. The zero-order valence-corrected chi connectivity index (χ0v) is 16.4. The highest BCUT2D eigenvalue weighted by atomic mass is 16.7. The molecule has 0 saturated carbocycles. The van der Waals surface area contributed by atoms with E-state index in [1.165, 1.54) is 0 Å². The average molecular weight is 362 g/mol. The van der Waals surface area contributed by atoms with Gasteiger partial charge in [0.15, 0.2) is 0 Å². The number of rotatable bonds is 6. The number of likely N-dealkylation sites (tertiary alicyclic amines) is 1. The lowest BCUT2D eigenvalue weighted by atomic mass is 9.81. The van der Waals surface area contributed by atoms with Gasteiger partial charge in [-0.3, -0.25) is 0 Å². The fourth-order valence-electron chi connectivity index (χ4n) is 3.32. The number of aliphatic hydroxyl groups is 1. The average Bonchev–Trinajstić information content (AvgIpc) is 2.83. The molecule has 144 valence electrons. The minimum absolute atomic E-state index is 0.242. The minimum Gasteiger partial charge on any atom is -0.399 e. The second-order valence-corrected chi connectivity index (χ2v) is 8.32. The molecule has 0 unspecified atom stereocenters. The third-order valence-corrected chi connectivity index (χ3v) is 5.87. The summed E-state index contributed by atoms with van der Waals surface area (Å²) in [6.07, 6.45) is 5.83. The lowest BCUT2D eigenvalue weighted by Gasteiger charge is -2.32. The molecule has 1 aromatic heterocycles. The van der Waals surface area contributed by atoms with Crippen LogP contribution in [0.4, 0.5) is 5.95 Å². The molecule has 2 fully saturated rings. The van der Waals surface area contributed by atoms with Crippen molar-refractivity contribution in [1.82, 2.24) is 14.9 Å². The highest BCUT2D eigenvalue weighted by molar-refractivity contribution is 6.61. The fraction of sp³-hybridized carbons (Fsp3) is 0.778. The molecule has 0 amide bonds. The Morgan fingerprint density at radius 1 is 1.15 bits per heavy atom. The first-order chi connectivity index (χ1) is 12.3. The Morgan fingerprint density at radius 2 is 1.73 bits per heavy atom. The van der Waals surface area contributed by atoms with E-state index in [1.807, 2.05) is 27.7 Å². The summed E-state index contributed by atoms with van der Waals surface area (Å²) < 4.78 is 12.1. The molecule has 7 nitrogen and oxygen atoms in total. The monoisotopic (exact) mass is 362 g/mol. The van der Waals surface area contributed by atoms with Crippen LogP contribution in [-0.4, -0.2) is 71.1 Å². The first-order valence-corrected chi connectivity index (χ1v) is 9.55. The van der Waals surface area contributed by atoms with Gasteiger partial charge in [0.05, 0.1) is 17.8 Å². The molecule has 2 saturated heterocycles. The third-order valence-electron chi connectivity index (χ3n) is 5.87. The van der Waals surface area contributed by atoms with Crippen molar-refractivity contribution in [2.75, 3.05) is 38.1 Å². The lowest BCUT2D eigenvalue weighted by molar-refractivity contribution is 0.00578. The summed E-state index contributed by atoms with van der Waals surface area (Å²) in [5, 5.41) is 12.3. The Morgan fingerprint density at radius 3 is 2.27 bits per heavy atom. The Kier molecular flexibility index (Phi) is 5.86. The van der Waals surface area contributed by atoms with E-state index < -0.39 is 7.12 Å². The van der Waals surface area contributed by atoms with Crippen LogP contribution in [-0.2, 0) is 9.31 Å². The molecule has 8 heteroatoms. The van der Waals surface area contributed by atoms with Crippen molar-refractivity contribution < 1.29 is 14.4 Å². The second kappa shape index (κ2) is 7.80. The predicted molar refractivity (Wildman–Crippen MR) is 102 cm³/mol. The van der Waals surface area contributed by atoms with E-state index in [-0.39, 0.29) is 17.8 Å². The van der Waals surface area contributed by atoms with Gasteiger partial charge in [0.25, 0.3) is 0 Å². The van der Waals surface area contributed by atoms with Crippen LogP contribution in [0.3, 0.4) is 0 Å². The van der Waals surface area contributed by atoms with Crippen LogP contribution >= 0.6 is 0 Å². The van der Waals surface area contributed by atoms with E-state index in [1.54, 1.807) is 12.4 Å². The molecule has 3 rings (SSSR count). The van der Waals surface area contributed by atoms with Crippen molar-refractivity contribution in [3.8, 4) is 0 Å². The molecule has 0 aromatic carbocycles. The molecule has 0 atom stereocenters. The topological polar surface area (TPSA) is 79.7 Å². The van der Waals surface area contributed by atoms with Gasteiger partial charge in [0.1, 0.15) is 0 Å². The zero-order chi connectivity index (χ0) is 18.8. The summed E-state index contributed by atoms with van der Waals surface area (Å²) >= 11 is 0. The number of hydrogen-bond donors (Lipinski definition) is 2. The van der Waals surface area contributed by atoms with E-state index in [0.29, 0.717) is 11.9 Å².